The molecule has 0 spiro atoms. The van der Waals surface area contributed by atoms with E-state index in [0.717, 1.165) is 11.8 Å². The maximum absolute atomic E-state index is 11.4. The number of aliphatic hydroxyl groups is 6. The molecule has 0 radical (unpaired) electrons. The highest BCUT2D eigenvalue weighted by Gasteiger charge is 2.51. The standard InChI is InChI=1S/C26H30N8O8S/c35-11-17-21(37)19(33-9-15(29-31-33)13-5-1-3-7-27-13)23(39)25(41-17)43-26-24(40)20(22(38)18(12-36)42-26)34-10-16(30-32-34)14-6-2-4-8-28-14/h1-10,17-26,35-40H,11-12H2/t17-,18?,19?,20+,21?,22+,23-,24?,25?,26+/m1/s1. The van der Waals surface area contributed by atoms with Gasteiger partial charge in [-0.25, -0.2) is 9.36 Å². The number of rotatable bonds is 8. The smallest absolute Gasteiger partial charge is 0.134 e. The minimum absolute atomic E-state index is 0.405. The Morgan fingerprint density at radius 3 is 1.44 bits per heavy atom. The number of hydrogen-bond donors (Lipinski definition) is 6. The van der Waals surface area contributed by atoms with Gasteiger partial charge in [-0.05, 0) is 24.3 Å². The summed E-state index contributed by atoms with van der Waals surface area (Å²) in [5.41, 5.74) is -0.421. The van der Waals surface area contributed by atoms with Crippen molar-refractivity contribution in [3.05, 3.63) is 61.2 Å². The van der Waals surface area contributed by atoms with Crippen molar-refractivity contribution < 1.29 is 40.1 Å². The lowest BCUT2D eigenvalue weighted by molar-refractivity contribution is -0.189. The number of nitrogens with zero attached hydrogens (tertiary/aromatic N) is 8. The number of aliphatic hydroxyl groups excluding tert-OH is 6. The number of hydrogen-bond acceptors (Lipinski definition) is 15. The van der Waals surface area contributed by atoms with Gasteiger partial charge in [0.2, 0.25) is 0 Å². The Morgan fingerprint density at radius 1 is 0.628 bits per heavy atom. The van der Waals surface area contributed by atoms with E-state index in [1.807, 2.05) is 0 Å². The van der Waals surface area contributed by atoms with Crippen LogP contribution >= 0.6 is 11.8 Å². The zero-order valence-corrected chi connectivity index (χ0v) is 23.3. The van der Waals surface area contributed by atoms with Gasteiger partial charge in [0.15, 0.2) is 0 Å². The summed E-state index contributed by atoms with van der Waals surface area (Å²) < 4.78 is 14.2. The van der Waals surface area contributed by atoms with Crippen molar-refractivity contribution >= 4 is 11.8 Å². The van der Waals surface area contributed by atoms with Crippen LogP contribution in [0, 0.1) is 0 Å². The van der Waals surface area contributed by atoms with E-state index >= 15 is 0 Å². The summed E-state index contributed by atoms with van der Waals surface area (Å²) in [4.78, 5) is 8.48. The minimum atomic E-state index is -1.42. The van der Waals surface area contributed by atoms with Crippen molar-refractivity contribution in [2.75, 3.05) is 13.2 Å². The van der Waals surface area contributed by atoms with E-state index in [4.69, 9.17) is 9.47 Å². The molecule has 228 valence electrons. The molecular weight excluding hydrogens is 584 g/mol. The van der Waals surface area contributed by atoms with E-state index in [9.17, 15) is 30.6 Å². The SMILES string of the molecule is OCC1O[C@@H](SC2O[C@H](CO)C(O)C(n3cc(-c4ccccn4)nn3)[C@H]2O)C(O)[C@@H](n2cc(-c3ccccn3)nn2)[C@H]1O. The van der Waals surface area contributed by atoms with E-state index in [1.54, 1.807) is 48.8 Å². The van der Waals surface area contributed by atoms with Crippen molar-refractivity contribution in [2.24, 2.45) is 0 Å². The number of aromatic nitrogens is 8. The van der Waals surface area contributed by atoms with E-state index in [-0.39, 0.29) is 0 Å². The average molecular weight is 615 g/mol. The van der Waals surface area contributed by atoms with Crippen LogP contribution in [0.25, 0.3) is 22.8 Å². The molecule has 0 aliphatic carbocycles. The third-order valence-corrected chi connectivity index (χ3v) is 8.77. The molecule has 2 saturated heterocycles. The molecule has 43 heavy (non-hydrogen) atoms. The van der Waals surface area contributed by atoms with Crippen LogP contribution in [-0.2, 0) is 9.47 Å². The quantitative estimate of drug-likeness (QED) is 0.131. The molecule has 0 bridgehead atoms. The van der Waals surface area contributed by atoms with Crippen LogP contribution in [0.15, 0.2) is 61.2 Å². The van der Waals surface area contributed by atoms with Gasteiger partial charge in [-0.2, -0.15) is 0 Å². The monoisotopic (exact) mass is 614 g/mol. The van der Waals surface area contributed by atoms with E-state index < -0.39 is 72.8 Å². The minimum Gasteiger partial charge on any atom is -0.394 e. The van der Waals surface area contributed by atoms with Gasteiger partial charge in [-0.15, -0.1) is 10.2 Å². The first kappa shape index (κ1) is 29.7. The molecule has 5 unspecified atom stereocenters. The van der Waals surface area contributed by atoms with Crippen LogP contribution in [0.5, 0.6) is 0 Å². The van der Waals surface area contributed by atoms with Crippen LogP contribution in [0.2, 0.25) is 0 Å². The van der Waals surface area contributed by atoms with Gasteiger partial charge in [0.25, 0.3) is 0 Å². The highest BCUT2D eigenvalue weighted by Crippen LogP contribution is 2.42. The van der Waals surface area contributed by atoms with Crippen molar-refractivity contribution in [1.29, 1.82) is 0 Å². The highest BCUT2D eigenvalue weighted by molar-refractivity contribution is 8.00. The van der Waals surface area contributed by atoms with Gasteiger partial charge in [0, 0.05) is 12.4 Å². The third kappa shape index (κ3) is 5.78. The summed E-state index contributed by atoms with van der Waals surface area (Å²) in [5, 5.41) is 81.1. The predicted octanol–water partition coefficient (Wildman–Crippen LogP) is -1.61. The second-order valence-corrected chi connectivity index (χ2v) is 11.3. The molecule has 0 saturated carbocycles. The first-order valence-corrected chi connectivity index (χ1v) is 14.4. The summed E-state index contributed by atoms with van der Waals surface area (Å²) >= 11 is 0.867. The van der Waals surface area contributed by atoms with Crippen LogP contribution in [-0.4, -0.2) is 131 Å². The normalized spacial score (nSPS) is 33.0. The lowest BCUT2D eigenvalue weighted by Crippen LogP contribution is -2.58. The van der Waals surface area contributed by atoms with E-state index in [0.29, 0.717) is 22.8 Å². The van der Waals surface area contributed by atoms with E-state index in [1.165, 1.54) is 21.8 Å². The maximum atomic E-state index is 11.4. The summed E-state index contributed by atoms with van der Waals surface area (Å²) in [6.07, 6.45) is -1.59. The molecule has 0 amide bonds. The van der Waals surface area contributed by atoms with Crippen LogP contribution in [0.4, 0.5) is 0 Å². The van der Waals surface area contributed by atoms with Gasteiger partial charge in [-0.1, -0.05) is 34.3 Å². The molecule has 4 aromatic heterocycles. The van der Waals surface area contributed by atoms with Gasteiger partial charge >= 0.3 is 0 Å². The predicted molar refractivity (Wildman–Crippen MR) is 148 cm³/mol. The lowest BCUT2D eigenvalue weighted by atomic mass is 9.97. The zero-order valence-electron chi connectivity index (χ0n) is 22.4. The number of thioether (sulfide) groups is 1. The highest BCUT2D eigenvalue weighted by atomic mass is 32.2. The largest absolute Gasteiger partial charge is 0.394 e. The van der Waals surface area contributed by atoms with Crippen molar-refractivity contribution in [3.8, 4) is 22.8 Å². The fraction of sp³-hybridized carbons (Fsp3) is 0.462. The molecule has 6 N–H and O–H groups in total. The molecule has 2 aliphatic heterocycles. The second-order valence-electron chi connectivity index (χ2n) is 10.1. The fourth-order valence-electron chi connectivity index (χ4n) is 5.23. The molecular formula is C26H30N8O8S. The average Bonchev–Trinajstić information content (AvgIpc) is 3.72. The fourth-order valence-corrected chi connectivity index (χ4v) is 6.55. The lowest BCUT2D eigenvalue weighted by Gasteiger charge is -2.46. The van der Waals surface area contributed by atoms with Crippen molar-refractivity contribution in [1.82, 2.24) is 40.0 Å². The molecule has 16 nitrogen and oxygen atoms in total. The summed E-state index contributed by atoms with van der Waals surface area (Å²) in [6, 6.07) is 8.35. The molecule has 2 aliphatic rings. The van der Waals surface area contributed by atoms with Crippen molar-refractivity contribution in [3.63, 3.8) is 0 Å². The Balaban J connectivity index is 1.25. The first-order chi connectivity index (χ1) is 20.9. The Hall–Kier alpha value is -3.39. The number of pyridine rings is 2. The maximum Gasteiger partial charge on any atom is 0.134 e. The zero-order chi connectivity index (χ0) is 30.1. The Kier molecular flexibility index (Phi) is 8.75. The van der Waals surface area contributed by atoms with Crippen molar-refractivity contribution in [2.45, 2.75) is 59.6 Å². The Labute approximate surface area is 248 Å². The Morgan fingerprint density at radius 2 is 1.07 bits per heavy atom. The molecule has 17 heteroatoms. The summed E-state index contributed by atoms with van der Waals surface area (Å²) in [5.74, 6) is 0. The van der Waals surface area contributed by atoms with E-state index in [2.05, 4.69) is 30.6 Å². The van der Waals surface area contributed by atoms with Crippen LogP contribution in [0.3, 0.4) is 0 Å². The second kappa shape index (κ2) is 12.7. The molecule has 6 rings (SSSR count). The molecule has 10 atom stereocenters. The van der Waals surface area contributed by atoms with Crippen LogP contribution < -0.4 is 0 Å². The molecule has 2 fully saturated rings. The van der Waals surface area contributed by atoms with Gasteiger partial charge in [0.05, 0.1) is 37.0 Å². The Bertz CT molecular complexity index is 1370. The molecule has 6 heterocycles. The first-order valence-electron chi connectivity index (χ1n) is 13.5. The van der Waals surface area contributed by atoms with Gasteiger partial charge in [0.1, 0.15) is 71.0 Å². The van der Waals surface area contributed by atoms with Crippen LogP contribution in [0.1, 0.15) is 12.1 Å². The summed E-state index contributed by atoms with van der Waals surface area (Å²) in [7, 11) is 0. The molecule has 0 aromatic carbocycles. The van der Waals surface area contributed by atoms with Gasteiger partial charge in [-0.3, -0.25) is 9.97 Å². The molecule has 4 aromatic rings. The van der Waals surface area contributed by atoms with Gasteiger partial charge < -0.3 is 40.1 Å². The number of ether oxygens (including phenoxy) is 2. The summed E-state index contributed by atoms with van der Waals surface area (Å²) in [6.45, 7) is -1.15. The topological polar surface area (TPSA) is 227 Å². The third-order valence-electron chi connectivity index (χ3n) is 7.45.